The zero-order valence-electron chi connectivity index (χ0n) is 33.9. The van der Waals surface area contributed by atoms with Crippen LogP contribution in [0.15, 0.2) is 48.7 Å². The van der Waals surface area contributed by atoms with Gasteiger partial charge in [-0.1, -0.05) is 31.2 Å². The molecule has 3 saturated heterocycles. The number of hydrogen-bond acceptors (Lipinski definition) is 12. The van der Waals surface area contributed by atoms with E-state index in [0.29, 0.717) is 54.5 Å². The molecule has 318 valence electrons. The number of sulfonamides is 1. The average molecular weight is 858 g/mol. The van der Waals surface area contributed by atoms with Crippen molar-refractivity contribution in [2.75, 3.05) is 62.0 Å². The van der Waals surface area contributed by atoms with Gasteiger partial charge in [-0.2, -0.15) is 0 Å². The Morgan fingerprint density at radius 1 is 0.967 bits per heavy atom. The number of anilines is 2. The number of hydrogen-bond donors (Lipinski definition) is 3. The number of piperidine rings is 3. The number of benzene rings is 2. The molecule has 0 spiro atoms. The Morgan fingerprint density at radius 2 is 1.77 bits per heavy atom. The first-order valence-corrected chi connectivity index (χ1v) is 23.5. The van der Waals surface area contributed by atoms with Crippen molar-refractivity contribution in [2.24, 2.45) is 5.92 Å². The molecule has 4 aliphatic rings. The van der Waals surface area contributed by atoms with E-state index in [4.69, 9.17) is 10.7 Å². The lowest BCUT2D eigenvalue weighted by molar-refractivity contribution is -0.135. The third-order valence-corrected chi connectivity index (χ3v) is 15.0. The number of imide groups is 1. The van der Waals surface area contributed by atoms with Crippen molar-refractivity contribution in [3.8, 4) is 21.8 Å². The average Bonchev–Trinajstić information content (AvgIpc) is 3.67. The lowest BCUT2D eigenvalue weighted by Crippen LogP contribution is -2.47. The molecular weight excluding hydrogens is 806 g/mol. The van der Waals surface area contributed by atoms with Crippen LogP contribution in [0.25, 0.3) is 21.8 Å². The van der Waals surface area contributed by atoms with Gasteiger partial charge in [-0.15, -0.1) is 11.3 Å². The number of nitrogens with one attached hydrogen (secondary N) is 2. The van der Waals surface area contributed by atoms with Gasteiger partial charge < -0.3 is 15.5 Å². The van der Waals surface area contributed by atoms with Gasteiger partial charge in [-0.05, 0) is 98.8 Å². The number of halogens is 1. The summed E-state index contributed by atoms with van der Waals surface area (Å²) in [7, 11) is -3.71. The number of likely N-dealkylation sites (tertiary alicyclic amines) is 2. The maximum Gasteiger partial charge on any atom is 0.236 e. The highest BCUT2D eigenvalue weighted by atomic mass is 32.2. The normalized spacial score (nSPS) is 19.9. The molecule has 2 aromatic heterocycles. The van der Waals surface area contributed by atoms with Crippen LogP contribution in [0.5, 0.6) is 0 Å². The molecule has 17 heteroatoms. The second kappa shape index (κ2) is 18.0. The van der Waals surface area contributed by atoms with E-state index in [0.717, 1.165) is 81.9 Å². The lowest BCUT2D eigenvalue weighted by atomic mass is 9.87. The SMILES string of the molecule is CCCS(=O)(=O)Nc1cccc(-c2nc(C3CCN(CC4CCN(C(=O)CN5CCc6cc([C@H]7CCC(=O)NC7=O)ccc6C5)CC4)CC3)sc2-c2ccnc(N)n2)c1F. The van der Waals surface area contributed by atoms with Gasteiger partial charge in [0.25, 0.3) is 0 Å². The summed E-state index contributed by atoms with van der Waals surface area (Å²) in [5, 5.41) is 3.34. The molecule has 0 radical (unpaired) electrons. The van der Waals surface area contributed by atoms with Crippen LogP contribution in [0.2, 0.25) is 0 Å². The Morgan fingerprint density at radius 3 is 2.52 bits per heavy atom. The van der Waals surface area contributed by atoms with E-state index in [1.807, 2.05) is 11.0 Å². The number of aromatic nitrogens is 3. The Kier molecular flexibility index (Phi) is 12.6. The number of fused-ring (bicyclic) bond motifs is 1. The monoisotopic (exact) mass is 857 g/mol. The second-order valence-corrected chi connectivity index (χ2v) is 19.4. The van der Waals surface area contributed by atoms with Gasteiger partial charge in [0.05, 0.1) is 45.2 Å². The molecule has 3 amide bonds. The largest absolute Gasteiger partial charge is 0.368 e. The van der Waals surface area contributed by atoms with E-state index < -0.39 is 15.8 Å². The van der Waals surface area contributed by atoms with Gasteiger partial charge in [-0.25, -0.2) is 27.8 Å². The Bertz CT molecular complexity index is 2360. The summed E-state index contributed by atoms with van der Waals surface area (Å²) in [4.78, 5) is 58.3. The molecule has 60 heavy (non-hydrogen) atoms. The molecule has 14 nitrogen and oxygen atoms in total. The topological polar surface area (TPSA) is 184 Å². The van der Waals surface area contributed by atoms with Crippen molar-refractivity contribution < 1.29 is 27.2 Å². The zero-order valence-corrected chi connectivity index (χ0v) is 35.5. The van der Waals surface area contributed by atoms with E-state index in [9.17, 15) is 22.8 Å². The van der Waals surface area contributed by atoms with E-state index >= 15 is 4.39 Å². The fourth-order valence-corrected chi connectivity index (χ4v) is 11.4. The van der Waals surface area contributed by atoms with Crippen molar-refractivity contribution in [3.05, 3.63) is 76.2 Å². The summed E-state index contributed by atoms with van der Waals surface area (Å²) >= 11 is 1.47. The molecule has 0 saturated carbocycles. The number of carbonyl (C=O) groups excluding carboxylic acids is 3. The number of carbonyl (C=O) groups is 3. The second-order valence-electron chi connectivity index (χ2n) is 16.5. The summed E-state index contributed by atoms with van der Waals surface area (Å²) in [6.07, 6.45) is 7.41. The fourth-order valence-electron chi connectivity index (χ4n) is 9.03. The van der Waals surface area contributed by atoms with E-state index in [1.165, 1.54) is 28.5 Å². The van der Waals surface area contributed by atoms with E-state index in [1.54, 1.807) is 31.3 Å². The molecule has 3 fully saturated rings. The fraction of sp³-hybridized carbons (Fsp3) is 0.488. The van der Waals surface area contributed by atoms with Gasteiger partial charge in [0, 0.05) is 56.8 Å². The first-order valence-electron chi connectivity index (χ1n) is 21.0. The van der Waals surface area contributed by atoms with Crippen LogP contribution in [0.3, 0.4) is 0 Å². The van der Waals surface area contributed by atoms with Gasteiger partial charge in [0.2, 0.25) is 33.7 Å². The molecule has 4 N–H and O–H groups in total. The molecule has 1 atom stereocenters. The number of nitrogens with zero attached hydrogens (tertiary/aromatic N) is 6. The Balaban J connectivity index is 0.840. The van der Waals surface area contributed by atoms with E-state index in [2.05, 4.69) is 41.9 Å². The molecule has 0 aliphatic carbocycles. The molecule has 4 aromatic rings. The third kappa shape index (κ3) is 9.54. The van der Waals surface area contributed by atoms with Crippen LogP contribution in [0.1, 0.15) is 85.4 Å². The Hall–Kier alpha value is -4.84. The summed E-state index contributed by atoms with van der Waals surface area (Å²) in [6.45, 7) is 7.96. The van der Waals surface area contributed by atoms with Gasteiger partial charge >= 0.3 is 0 Å². The Labute approximate surface area is 354 Å². The third-order valence-electron chi connectivity index (χ3n) is 12.3. The van der Waals surface area contributed by atoms with Gasteiger partial charge in [0.1, 0.15) is 0 Å². The zero-order chi connectivity index (χ0) is 42.0. The highest BCUT2D eigenvalue weighted by Crippen LogP contribution is 2.43. The van der Waals surface area contributed by atoms with Crippen molar-refractivity contribution in [3.63, 3.8) is 0 Å². The van der Waals surface area contributed by atoms with Crippen LogP contribution in [-0.2, 0) is 37.4 Å². The molecule has 0 unspecified atom stereocenters. The molecule has 0 bridgehead atoms. The minimum absolute atomic E-state index is 0.0938. The summed E-state index contributed by atoms with van der Waals surface area (Å²) < 4.78 is 43.5. The first-order chi connectivity index (χ1) is 28.9. The number of rotatable bonds is 12. The highest BCUT2D eigenvalue weighted by molar-refractivity contribution is 7.92. The number of nitrogen functional groups attached to an aromatic ring is 1. The van der Waals surface area contributed by atoms with Gasteiger partial charge in [-0.3, -0.25) is 29.3 Å². The standard InChI is InChI=1S/C43H52FN9O5S2/c1-2-22-60(57,58)50-34-5-3-4-33(38(34)44)39-40(35-10-16-46-43(45)47-35)59-42(49-39)28-13-17-51(18-14-28)24-27-11-20-53(21-12-27)37(55)26-52-19-15-29-23-30(6-7-31(29)25-52)32-8-9-36(54)48-41(32)56/h3-7,10,16,23,27-28,32,50H,2,8-9,11-15,17-22,24-26H2,1H3,(H2,45,46,47)(H,48,54,56)/t32-/m1/s1. The van der Waals surface area contributed by atoms with Gasteiger partial charge in [0.15, 0.2) is 5.82 Å². The van der Waals surface area contributed by atoms with E-state index in [-0.39, 0.29) is 52.5 Å². The number of amides is 3. The molecule has 2 aromatic carbocycles. The summed E-state index contributed by atoms with van der Waals surface area (Å²) in [5.41, 5.74) is 10.3. The maximum atomic E-state index is 16.1. The quantitative estimate of drug-likeness (QED) is 0.161. The predicted octanol–water partition coefficient (Wildman–Crippen LogP) is 5.14. The summed E-state index contributed by atoms with van der Waals surface area (Å²) in [5.74, 6) is -0.579. The molecular formula is C43H52FN9O5S2. The highest BCUT2D eigenvalue weighted by Gasteiger charge is 2.32. The molecule has 4 aliphatic heterocycles. The predicted molar refractivity (Wildman–Crippen MR) is 229 cm³/mol. The smallest absolute Gasteiger partial charge is 0.236 e. The molecule has 6 heterocycles. The van der Waals surface area contributed by atoms with Crippen LogP contribution in [-0.4, -0.2) is 107 Å². The number of thiazole rings is 1. The molecule has 8 rings (SSSR count). The van der Waals surface area contributed by atoms with Crippen LogP contribution in [0, 0.1) is 11.7 Å². The lowest BCUT2D eigenvalue weighted by Gasteiger charge is -2.38. The maximum absolute atomic E-state index is 16.1. The van der Waals surface area contributed by atoms with Crippen LogP contribution < -0.4 is 15.8 Å². The van der Waals surface area contributed by atoms with Crippen molar-refractivity contribution in [1.29, 1.82) is 0 Å². The van der Waals surface area contributed by atoms with Crippen molar-refractivity contribution in [1.82, 2.24) is 35.0 Å². The summed E-state index contributed by atoms with van der Waals surface area (Å²) in [6, 6.07) is 12.6. The minimum Gasteiger partial charge on any atom is -0.368 e. The van der Waals surface area contributed by atoms with Crippen molar-refractivity contribution in [2.45, 2.75) is 76.7 Å². The van der Waals surface area contributed by atoms with Crippen LogP contribution >= 0.6 is 11.3 Å². The number of nitrogens with two attached hydrogens (primary N) is 1. The van der Waals surface area contributed by atoms with Crippen molar-refractivity contribution >= 4 is 50.7 Å². The van der Waals surface area contributed by atoms with Crippen LogP contribution in [0.4, 0.5) is 16.0 Å². The first kappa shape index (κ1) is 41.9. The minimum atomic E-state index is -3.71.